The summed E-state index contributed by atoms with van der Waals surface area (Å²) in [7, 11) is 0. The van der Waals surface area contributed by atoms with Gasteiger partial charge in [-0.15, -0.1) is 0 Å². The van der Waals surface area contributed by atoms with Crippen molar-refractivity contribution in [1.82, 2.24) is 10.1 Å². The molecule has 1 aromatic carbocycles. The van der Waals surface area contributed by atoms with Gasteiger partial charge in [0.2, 0.25) is 0 Å². The summed E-state index contributed by atoms with van der Waals surface area (Å²) in [6.07, 6.45) is 2.15. The Hall–Kier alpha value is -1.46. The highest BCUT2D eigenvalue weighted by Crippen LogP contribution is 2.39. The topological polar surface area (TPSA) is 64.9 Å². The van der Waals surface area contributed by atoms with E-state index in [0.29, 0.717) is 11.7 Å². The van der Waals surface area contributed by atoms with Crippen LogP contribution in [-0.2, 0) is 0 Å². The first kappa shape index (κ1) is 11.6. The second kappa shape index (κ2) is 4.33. The molecule has 0 spiro atoms. The summed E-state index contributed by atoms with van der Waals surface area (Å²) in [6.45, 7) is 0. The van der Waals surface area contributed by atoms with Gasteiger partial charge in [-0.25, -0.2) is 4.39 Å². The van der Waals surface area contributed by atoms with Crippen LogP contribution in [-0.4, -0.2) is 10.1 Å². The number of hydrogen-bond donors (Lipinski definition) is 1. The molecule has 94 valence electrons. The summed E-state index contributed by atoms with van der Waals surface area (Å²) in [6, 6.07) is 4.15. The fraction of sp³-hybridized carbons (Fsp3) is 0.333. The minimum atomic E-state index is -0.488. The molecule has 1 fully saturated rings. The molecule has 1 atom stereocenters. The van der Waals surface area contributed by atoms with E-state index in [2.05, 4.69) is 10.1 Å². The normalized spacial score (nSPS) is 16.8. The second-order valence-corrected chi connectivity index (χ2v) is 4.82. The first-order valence-corrected chi connectivity index (χ1v) is 6.08. The van der Waals surface area contributed by atoms with Gasteiger partial charge in [-0.2, -0.15) is 4.98 Å². The van der Waals surface area contributed by atoms with Crippen LogP contribution >= 0.6 is 11.6 Å². The van der Waals surface area contributed by atoms with Gasteiger partial charge < -0.3 is 10.3 Å². The maximum Gasteiger partial charge on any atom is 0.262 e. The molecule has 6 heteroatoms. The fourth-order valence-electron chi connectivity index (χ4n) is 1.84. The van der Waals surface area contributed by atoms with Crippen LogP contribution < -0.4 is 5.73 Å². The number of nitrogens with two attached hydrogens (primary N) is 1. The maximum absolute atomic E-state index is 13.7. The molecule has 1 saturated carbocycles. The number of nitrogens with zero attached hydrogens (tertiary/aromatic N) is 2. The Morgan fingerprint density at radius 2 is 2.22 bits per heavy atom. The van der Waals surface area contributed by atoms with Crippen molar-refractivity contribution < 1.29 is 8.91 Å². The molecule has 0 saturated heterocycles. The molecule has 2 N–H and O–H groups in total. The van der Waals surface area contributed by atoms with Gasteiger partial charge in [0.1, 0.15) is 5.82 Å². The fourth-order valence-corrected chi connectivity index (χ4v) is 2.08. The molecule has 1 aromatic heterocycles. The summed E-state index contributed by atoms with van der Waals surface area (Å²) in [5.74, 6) is 0.403. The molecular weight excluding hydrogens is 257 g/mol. The largest absolute Gasteiger partial charge is 0.334 e. The van der Waals surface area contributed by atoms with Crippen molar-refractivity contribution in [2.45, 2.75) is 18.9 Å². The Morgan fingerprint density at radius 1 is 1.44 bits per heavy atom. The lowest BCUT2D eigenvalue weighted by Gasteiger charge is -2.02. The van der Waals surface area contributed by atoms with Crippen molar-refractivity contribution >= 4 is 11.6 Å². The first-order chi connectivity index (χ1) is 8.66. The van der Waals surface area contributed by atoms with E-state index >= 15 is 0 Å². The van der Waals surface area contributed by atoms with E-state index in [0.717, 1.165) is 12.8 Å². The lowest BCUT2D eigenvalue weighted by molar-refractivity contribution is 0.410. The Morgan fingerprint density at radius 3 is 2.89 bits per heavy atom. The number of aromatic nitrogens is 2. The summed E-state index contributed by atoms with van der Waals surface area (Å²) in [4.78, 5) is 4.14. The van der Waals surface area contributed by atoms with E-state index in [1.54, 1.807) is 6.07 Å². The van der Waals surface area contributed by atoms with E-state index in [1.165, 1.54) is 12.1 Å². The lowest BCUT2D eigenvalue weighted by Crippen LogP contribution is -2.13. The van der Waals surface area contributed by atoms with Gasteiger partial charge in [-0.05, 0) is 30.9 Å². The van der Waals surface area contributed by atoms with Crippen LogP contribution in [0.3, 0.4) is 0 Å². The zero-order valence-corrected chi connectivity index (χ0v) is 10.2. The molecule has 0 radical (unpaired) electrons. The van der Waals surface area contributed by atoms with Crippen LogP contribution in [0.1, 0.15) is 24.7 Å². The molecule has 3 rings (SSSR count). The van der Waals surface area contributed by atoms with Gasteiger partial charge in [0.05, 0.1) is 16.6 Å². The van der Waals surface area contributed by atoms with Crippen molar-refractivity contribution in [3.05, 3.63) is 34.9 Å². The molecule has 0 bridgehead atoms. The summed E-state index contributed by atoms with van der Waals surface area (Å²) < 4.78 is 18.7. The van der Waals surface area contributed by atoms with Gasteiger partial charge in [-0.3, -0.25) is 0 Å². The SMILES string of the molecule is NC(c1noc(-c2c(F)cccc2Cl)n1)C1CC1. The van der Waals surface area contributed by atoms with Crippen molar-refractivity contribution in [2.75, 3.05) is 0 Å². The highest BCUT2D eigenvalue weighted by Gasteiger charge is 2.33. The van der Waals surface area contributed by atoms with Crippen molar-refractivity contribution in [3.8, 4) is 11.5 Å². The molecule has 2 aromatic rings. The Balaban J connectivity index is 1.97. The van der Waals surface area contributed by atoms with Gasteiger partial charge in [0, 0.05) is 0 Å². The van der Waals surface area contributed by atoms with Crippen LogP contribution in [0.5, 0.6) is 0 Å². The van der Waals surface area contributed by atoms with Crippen LogP contribution in [0.25, 0.3) is 11.5 Å². The van der Waals surface area contributed by atoms with Gasteiger partial charge in [0.15, 0.2) is 5.82 Å². The highest BCUT2D eigenvalue weighted by atomic mass is 35.5. The van der Waals surface area contributed by atoms with Crippen LogP contribution in [0.4, 0.5) is 4.39 Å². The number of halogens is 2. The van der Waals surface area contributed by atoms with Crippen molar-refractivity contribution in [3.63, 3.8) is 0 Å². The Kier molecular flexibility index (Phi) is 2.80. The van der Waals surface area contributed by atoms with Crippen LogP contribution in [0.2, 0.25) is 5.02 Å². The van der Waals surface area contributed by atoms with E-state index < -0.39 is 5.82 Å². The molecule has 1 aliphatic carbocycles. The third kappa shape index (κ3) is 2.00. The maximum atomic E-state index is 13.7. The lowest BCUT2D eigenvalue weighted by atomic mass is 10.2. The predicted molar refractivity (Wildman–Crippen MR) is 64.4 cm³/mol. The number of rotatable bonds is 3. The smallest absolute Gasteiger partial charge is 0.262 e. The van der Waals surface area contributed by atoms with Gasteiger partial charge >= 0.3 is 0 Å². The Labute approximate surface area is 108 Å². The van der Waals surface area contributed by atoms with E-state index in [1.807, 2.05) is 0 Å². The standard InChI is InChI=1S/C12H11ClFN3O/c13-7-2-1-3-8(14)9(7)12-16-11(17-18-12)10(15)6-4-5-6/h1-3,6,10H,4-5,15H2. The molecular formula is C12H11ClFN3O. The zero-order chi connectivity index (χ0) is 12.7. The van der Waals surface area contributed by atoms with E-state index in [4.69, 9.17) is 21.9 Å². The minimum Gasteiger partial charge on any atom is -0.334 e. The average molecular weight is 268 g/mol. The van der Waals surface area contributed by atoms with Crippen LogP contribution in [0, 0.1) is 11.7 Å². The molecule has 1 unspecified atom stereocenters. The summed E-state index contributed by atoms with van der Waals surface area (Å²) >= 11 is 5.93. The third-order valence-corrected chi connectivity index (χ3v) is 3.36. The summed E-state index contributed by atoms with van der Waals surface area (Å²) in [5, 5.41) is 4.04. The van der Waals surface area contributed by atoms with Crippen molar-refractivity contribution in [1.29, 1.82) is 0 Å². The second-order valence-electron chi connectivity index (χ2n) is 4.42. The van der Waals surface area contributed by atoms with E-state index in [-0.39, 0.29) is 22.5 Å². The first-order valence-electron chi connectivity index (χ1n) is 5.70. The highest BCUT2D eigenvalue weighted by molar-refractivity contribution is 6.33. The quantitative estimate of drug-likeness (QED) is 0.929. The van der Waals surface area contributed by atoms with Crippen molar-refractivity contribution in [2.24, 2.45) is 11.7 Å². The molecule has 4 nitrogen and oxygen atoms in total. The van der Waals surface area contributed by atoms with Crippen LogP contribution in [0.15, 0.2) is 22.7 Å². The predicted octanol–water partition coefficient (Wildman–Crippen LogP) is 2.94. The molecule has 0 aliphatic heterocycles. The Bertz CT molecular complexity index is 562. The number of hydrogen-bond acceptors (Lipinski definition) is 4. The summed E-state index contributed by atoms with van der Waals surface area (Å²) in [5.41, 5.74) is 6.08. The van der Waals surface area contributed by atoms with E-state index in [9.17, 15) is 4.39 Å². The van der Waals surface area contributed by atoms with Gasteiger partial charge in [0.25, 0.3) is 5.89 Å². The zero-order valence-electron chi connectivity index (χ0n) is 9.44. The molecule has 1 aliphatic rings. The monoisotopic (exact) mass is 267 g/mol. The molecule has 1 heterocycles. The molecule has 18 heavy (non-hydrogen) atoms. The average Bonchev–Trinajstić information content (AvgIpc) is 3.08. The minimum absolute atomic E-state index is 0.0733. The van der Waals surface area contributed by atoms with Gasteiger partial charge in [-0.1, -0.05) is 22.8 Å². The molecule has 0 amide bonds. The number of benzene rings is 1. The third-order valence-electron chi connectivity index (χ3n) is 3.05.